The molecule has 0 aromatic heterocycles. The Kier molecular flexibility index (Phi) is 6.29. The van der Waals surface area contributed by atoms with Gasteiger partial charge in [0.15, 0.2) is 0 Å². The van der Waals surface area contributed by atoms with E-state index < -0.39 is 5.60 Å². The fraction of sp³-hybridized carbons (Fsp3) is 0.600. The minimum Gasteiger partial charge on any atom is -0.444 e. The van der Waals surface area contributed by atoms with Gasteiger partial charge in [0, 0.05) is 39.8 Å². The second-order valence-electron chi connectivity index (χ2n) is 8.06. The molecule has 2 atom stereocenters. The zero-order chi connectivity index (χ0) is 19.5. The van der Waals surface area contributed by atoms with Crippen LogP contribution in [0.4, 0.5) is 4.79 Å². The molecule has 6 heteroatoms. The maximum Gasteiger partial charge on any atom is 0.410 e. The van der Waals surface area contributed by atoms with E-state index in [4.69, 9.17) is 4.74 Å². The predicted octanol–water partition coefficient (Wildman–Crippen LogP) is 2.76. The molecule has 144 valence electrons. The third kappa shape index (κ3) is 4.97. The van der Waals surface area contributed by atoms with Crippen LogP contribution in [0.3, 0.4) is 0 Å². The summed E-state index contributed by atoms with van der Waals surface area (Å²) in [6, 6.07) is 9.45. The van der Waals surface area contributed by atoms with Crippen LogP contribution in [0, 0.1) is 0 Å². The summed E-state index contributed by atoms with van der Waals surface area (Å²) in [6.45, 7) is 9.40. The van der Waals surface area contributed by atoms with Gasteiger partial charge in [-0.25, -0.2) is 4.79 Å². The van der Waals surface area contributed by atoms with Gasteiger partial charge in [0.1, 0.15) is 11.6 Å². The number of hydrogen-bond acceptors (Lipinski definition) is 4. The van der Waals surface area contributed by atoms with Crippen molar-refractivity contribution < 1.29 is 14.3 Å². The maximum absolute atomic E-state index is 12.8. The molecular weight excluding hydrogens is 330 g/mol. The molecule has 2 rings (SSSR count). The lowest BCUT2D eigenvalue weighted by Gasteiger charge is -2.43. The molecule has 2 amide bonds. The van der Waals surface area contributed by atoms with Gasteiger partial charge in [-0.1, -0.05) is 30.3 Å². The zero-order valence-electron chi connectivity index (χ0n) is 16.7. The fourth-order valence-electron chi connectivity index (χ4n) is 3.20. The van der Waals surface area contributed by atoms with Gasteiger partial charge in [-0.2, -0.15) is 0 Å². The number of nitrogens with zero attached hydrogens (tertiary/aromatic N) is 3. The summed E-state index contributed by atoms with van der Waals surface area (Å²) < 4.78 is 5.51. The Morgan fingerprint density at radius 2 is 1.77 bits per heavy atom. The van der Waals surface area contributed by atoms with Gasteiger partial charge in [0.25, 0.3) is 0 Å². The molecular formula is C20H31N3O3. The number of carbonyl (C=O) groups excluding carboxylic acids is 2. The molecule has 1 aliphatic heterocycles. The highest BCUT2D eigenvalue weighted by molar-refractivity contribution is 5.83. The summed E-state index contributed by atoms with van der Waals surface area (Å²) in [5.41, 5.74) is 0.464. The van der Waals surface area contributed by atoms with Gasteiger partial charge >= 0.3 is 6.09 Å². The summed E-state index contributed by atoms with van der Waals surface area (Å²) >= 11 is 0. The summed E-state index contributed by atoms with van der Waals surface area (Å²) in [5.74, 6) is 0.0501. The zero-order valence-corrected chi connectivity index (χ0v) is 16.7. The van der Waals surface area contributed by atoms with Crippen LogP contribution < -0.4 is 0 Å². The van der Waals surface area contributed by atoms with Crippen molar-refractivity contribution in [3.63, 3.8) is 0 Å². The van der Waals surface area contributed by atoms with Crippen molar-refractivity contribution in [1.29, 1.82) is 0 Å². The Balaban J connectivity index is 2.15. The van der Waals surface area contributed by atoms with Crippen LogP contribution in [0.15, 0.2) is 30.3 Å². The van der Waals surface area contributed by atoms with E-state index in [-0.39, 0.29) is 24.1 Å². The van der Waals surface area contributed by atoms with E-state index in [0.29, 0.717) is 19.6 Å². The van der Waals surface area contributed by atoms with E-state index in [1.165, 1.54) is 0 Å². The van der Waals surface area contributed by atoms with Crippen LogP contribution in [-0.4, -0.2) is 72.1 Å². The van der Waals surface area contributed by atoms with E-state index in [9.17, 15) is 9.59 Å². The van der Waals surface area contributed by atoms with Gasteiger partial charge in [-0.05, 0) is 33.3 Å². The number of amides is 2. The van der Waals surface area contributed by atoms with Crippen LogP contribution in [0.25, 0.3) is 0 Å². The molecule has 0 aliphatic carbocycles. The van der Waals surface area contributed by atoms with E-state index in [1.54, 1.807) is 23.9 Å². The Hall–Kier alpha value is -2.08. The smallest absolute Gasteiger partial charge is 0.410 e. The molecule has 1 heterocycles. The third-order valence-corrected chi connectivity index (χ3v) is 4.44. The highest BCUT2D eigenvalue weighted by Gasteiger charge is 2.36. The Bertz CT molecular complexity index is 625. The molecule has 0 saturated carbocycles. The van der Waals surface area contributed by atoms with Crippen molar-refractivity contribution in [3.05, 3.63) is 35.9 Å². The fourth-order valence-corrected chi connectivity index (χ4v) is 3.20. The lowest BCUT2D eigenvalue weighted by Crippen LogP contribution is -2.57. The molecule has 1 saturated heterocycles. The normalized spacial score (nSPS) is 19.8. The molecule has 2 unspecified atom stereocenters. The topological polar surface area (TPSA) is 53.1 Å². The van der Waals surface area contributed by atoms with Crippen LogP contribution in [-0.2, 0) is 9.53 Å². The van der Waals surface area contributed by atoms with Crippen molar-refractivity contribution in [2.24, 2.45) is 0 Å². The third-order valence-electron chi connectivity index (χ3n) is 4.44. The van der Waals surface area contributed by atoms with E-state index >= 15 is 0 Å². The van der Waals surface area contributed by atoms with Crippen LogP contribution in [0.1, 0.15) is 39.3 Å². The molecule has 0 spiro atoms. The molecule has 0 radical (unpaired) electrons. The Labute approximate surface area is 156 Å². The maximum atomic E-state index is 12.8. The molecule has 0 bridgehead atoms. The highest BCUT2D eigenvalue weighted by Crippen LogP contribution is 2.26. The first-order valence-electron chi connectivity index (χ1n) is 9.10. The van der Waals surface area contributed by atoms with Gasteiger partial charge in [-0.3, -0.25) is 9.69 Å². The lowest BCUT2D eigenvalue weighted by molar-refractivity contribution is -0.135. The van der Waals surface area contributed by atoms with Crippen molar-refractivity contribution >= 4 is 12.0 Å². The first-order valence-corrected chi connectivity index (χ1v) is 9.10. The number of piperazine rings is 1. The molecule has 1 aliphatic rings. The van der Waals surface area contributed by atoms with Gasteiger partial charge in [-0.15, -0.1) is 0 Å². The van der Waals surface area contributed by atoms with Crippen molar-refractivity contribution in [2.45, 2.75) is 45.4 Å². The summed E-state index contributed by atoms with van der Waals surface area (Å²) in [6.07, 6.45) is -0.292. The number of carbonyl (C=O) groups is 2. The quantitative estimate of drug-likeness (QED) is 0.831. The van der Waals surface area contributed by atoms with E-state index in [1.807, 2.05) is 58.0 Å². The molecule has 1 aromatic carbocycles. The Morgan fingerprint density at radius 3 is 2.27 bits per heavy atom. The molecule has 0 N–H and O–H groups in total. The number of likely N-dealkylation sites (N-methyl/N-ethyl adjacent to an activating group) is 1. The molecule has 1 fully saturated rings. The monoisotopic (exact) mass is 361 g/mol. The van der Waals surface area contributed by atoms with Crippen molar-refractivity contribution in [1.82, 2.24) is 14.7 Å². The van der Waals surface area contributed by atoms with E-state index in [0.717, 1.165) is 5.56 Å². The molecule has 6 nitrogen and oxygen atoms in total. The molecule has 26 heavy (non-hydrogen) atoms. The average Bonchev–Trinajstić information content (AvgIpc) is 2.54. The van der Waals surface area contributed by atoms with Crippen LogP contribution in [0.5, 0.6) is 0 Å². The van der Waals surface area contributed by atoms with Gasteiger partial charge in [0.2, 0.25) is 5.91 Å². The highest BCUT2D eigenvalue weighted by atomic mass is 16.6. The largest absolute Gasteiger partial charge is 0.444 e. The van der Waals surface area contributed by atoms with Crippen molar-refractivity contribution in [3.8, 4) is 0 Å². The SMILES string of the molecule is CC1CN(C(C(=O)N(C)C)c2ccccc2)CCN1C(=O)OC(C)(C)C. The standard InChI is InChI=1S/C20H31N3O3/c1-15-14-22(12-13-23(15)19(25)26-20(2,3)4)17(18(24)21(5)6)16-10-8-7-9-11-16/h7-11,15,17H,12-14H2,1-6H3. The number of hydrogen-bond donors (Lipinski definition) is 0. The minimum absolute atomic E-state index is 0.0280. The number of rotatable bonds is 3. The minimum atomic E-state index is -0.512. The molecule has 1 aromatic rings. The summed E-state index contributed by atoms with van der Waals surface area (Å²) in [4.78, 5) is 30.8. The lowest BCUT2D eigenvalue weighted by atomic mass is 10.0. The second kappa shape index (κ2) is 8.08. The van der Waals surface area contributed by atoms with Gasteiger partial charge in [0.05, 0.1) is 0 Å². The first kappa shape index (κ1) is 20.2. The first-order chi connectivity index (χ1) is 12.1. The predicted molar refractivity (Wildman–Crippen MR) is 102 cm³/mol. The van der Waals surface area contributed by atoms with Crippen molar-refractivity contribution in [2.75, 3.05) is 33.7 Å². The summed E-state index contributed by atoms with van der Waals surface area (Å²) in [5, 5.41) is 0. The number of ether oxygens (including phenoxy) is 1. The van der Waals surface area contributed by atoms with Crippen LogP contribution >= 0.6 is 0 Å². The second-order valence-corrected chi connectivity index (χ2v) is 8.06. The Morgan fingerprint density at radius 1 is 1.15 bits per heavy atom. The van der Waals surface area contributed by atoms with E-state index in [2.05, 4.69) is 4.90 Å². The van der Waals surface area contributed by atoms with Gasteiger partial charge < -0.3 is 14.5 Å². The summed E-state index contributed by atoms with van der Waals surface area (Å²) in [7, 11) is 3.55. The number of benzene rings is 1. The van der Waals surface area contributed by atoms with Crippen LogP contribution in [0.2, 0.25) is 0 Å². The average molecular weight is 361 g/mol.